The summed E-state index contributed by atoms with van der Waals surface area (Å²) in [7, 11) is 0. The Hall–Kier alpha value is -2.19. The molecule has 23 heavy (non-hydrogen) atoms. The summed E-state index contributed by atoms with van der Waals surface area (Å²) in [6.07, 6.45) is 11.5. The Balaban J connectivity index is 1.93. The summed E-state index contributed by atoms with van der Waals surface area (Å²) in [4.78, 5) is 4.49. The number of hydrogen-bond donors (Lipinski definition) is 1. The van der Waals surface area contributed by atoms with E-state index < -0.39 is 0 Å². The fourth-order valence-corrected chi connectivity index (χ4v) is 2.41. The van der Waals surface area contributed by atoms with Crippen molar-refractivity contribution in [2.24, 2.45) is 0 Å². The molecule has 0 saturated carbocycles. The van der Waals surface area contributed by atoms with Gasteiger partial charge in [-0.15, -0.1) is 6.58 Å². The second kappa shape index (κ2) is 9.06. The smallest absolute Gasteiger partial charge is 0.0626 e. The van der Waals surface area contributed by atoms with Crippen LogP contribution in [0, 0.1) is 0 Å². The molecule has 1 unspecified atom stereocenters. The van der Waals surface area contributed by atoms with Gasteiger partial charge in [-0.3, -0.25) is 4.98 Å². The van der Waals surface area contributed by atoms with Crippen LogP contribution in [0.25, 0.3) is 17.2 Å². The summed E-state index contributed by atoms with van der Waals surface area (Å²) in [5, 5.41) is 9.21. The molecule has 2 nitrogen and oxygen atoms in total. The summed E-state index contributed by atoms with van der Waals surface area (Å²) in [6, 6.07) is 12.7. The van der Waals surface area contributed by atoms with Crippen molar-refractivity contribution in [3.63, 3.8) is 0 Å². The van der Waals surface area contributed by atoms with E-state index in [0.29, 0.717) is 0 Å². The fraction of sp³-hybridized carbons (Fsp3) is 0.286. The third kappa shape index (κ3) is 5.84. The summed E-state index contributed by atoms with van der Waals surface area (Å²) in [5.74, 6) is 0. The van der Waals surface area contributed by atoms with Crippen molar-refractivity contribution in [2.75, 3.05) is 0 Å². The van der Waals surface area contributed by atoms with E-state index in [4.69, 9.17) is 0 Å². The molecule has 2 heteroatoms. The number of hydrogen-bond acceptors (Lipinski definition) is 2. The van der Waals surface area contributed by atoms with Crippen molar-refractivity contribution in [3.8, 4) is 11.1 Å². The number of aliphatic hydroxyl groups excluding tert-OH is 1. The average molecular weight is 307 g/mol. The van der Waals surface area contributed by atoms with Gasteiger partial charge in [0.05, 0.1) is 11.8 Å². The normalized spacial score (nSPS) is 12.4. The molecule has 0 spiro atoms. The summed E-state index contributed by atoms with van der Waals surface area (Å²) in [5.41, 5.74) is 4.54. The zero-order valence-electron chi connectivity index (χ0n) is 13.8. The lowest BCUT2D eigenvalue weighted by atomic mass is 10.0. The van der Waals surface area contributed by atoms with Crippen molar-refractivity contribution in [3.05, 3.63) is 72.6 Å². The van der Waals surface area contributed by atoms with E-state index in [0.717, 1.165) is 36.9 Å². The van der Waals surface area contributed by atoms with Crippen molar-refractivity contribution in [1.82, 2.24) is 4.98 Å². The van der Waals surface area contributed by atoms with Crippen LogP contribution in [0.4, 0.5) is 0 Å². The van der Waals surface area contributed by atoms with E-state index in [2.05, 4.69) is 48.0 Å². The predicted molar refractivity (Wildman–Crippen MR) is 98.1 cm³/mol. The maximum Gasteiger partial charge on any atom is 0.0626 e. The molecular formula is C21H25NO. The van der Waals surface area contributed by atoms with Crippen molar-refractivity contribution < 1.29 is 5.11 Å². The van der Waals surface area contributed by atoms with Crippen LogP contribution in [0.5, 0.6) is 0 Å². The van der Waals surface area contributed by atoms with Crippen LogP contribution in [-0.4, -0.2) is 16.2 Å². The van der Waals surface area contributed by atoms with E-state index >= 15 is 0 Å². The molecule has 0 fully saturated rings. The second-order valence-electron chi connectivity index (χ2n) is 5.84. The molecule has 1 heterocycles. The minimum atomic E-state index is -0.210. The van der Waals surface area contributed by atoms with Gasteiger partial charge in [0, 0.05) is 11.8 Å². The van der Waals surface area contributed by atoms with Crippen LogP contribution in [-0.2, 0) is 6.42 Å². The van der Waals surface area contributed by atoms with Gasteiger partial charge >= 0.3 is 0 Å². The molecule has 0 amide bonds. The first kappa shape index (κ1) is 17.2. The molecule has 2 aromatic rings. The first-order valence-electron chi connectivity index (χ1n) is 8.20. The van der Waals surface area contributed by atoms with Crippen LogP contribution in [0.2, 0.25) is 0 Å². The second-order valence-corrected chi connectivity index (χ2v) is 5.84. The molecule has 1 aromatic carbocycles. The lowest BCUT2D eigenvalue weighted by molar-refractivity contribution is 0.182. The summed E-state index contributed by atoms with van der Waals surface area (Å²) >= 11 is 0. The number of unbranched alkanes of at least 4 members (excludes halogenated alkanes) is 1. The highest BCUT2D eigenvalue weighted by atomic mass is 16.3. The van der Waals surface area contributed by atoms with Gasteiger partial charge in [0.1, 0.15) is 0 Å². The monoisotopic (exact) mass is 307 g/mol. The SMILES string of the molecule is C=CCc1ccc(-c2ccc(C=CCCCC(C)O)nc2)cc1. The Bertz CT molecular complexity index is 624. The Kier molecular flexibility index (Phi) is 6.76. The van der Waals surface area contributed by atoms with Crippen molar-refractivity contribution in [2.45, 2.75) is 38.7 Å². The molecular weight excluding hydrogens is 282 g/mol. The number of aromatic nitrogens is 1. The van der Waals surface area contributed by atoms with Gasteiger partial charge in [0.2, 0.25) is 0 Å². The Morgan fingerprint density at radius 2 is 1.87 bits per heavy atom. The molecule has 0 aliphatic carbocycles. The highest BCUT2D eigenvalue weighted by molar-refractivity contribution is 5.63. The van der Waals surface area contributed by atoms with Crippen LogP contribution >= 0.6 is 0 Å². The van der Waals surface area contributed by atoms with E-state index in [1.165, 1.54) is 11.1 Å². The van der Waals surface area contributed by atoms with Gasteiger partial charge < -0.3 is 5.11 Å². The zero-order chi connectivity index (χ0) is 16.5. The van der Waals surface area contributed by atoms with E-state index in [1.54, 1.807) is 0 Å². The van der Waals surface area contributed by atoms with E-state index in [1.807, 2.05) is 31.3 Å². The lowest BCUT2D eigenvalue weighted by Gasteiger charge is -2.03. The van der Waals surface area contributed by atoms with Gasteiger partial charge in [-0.05, 0) is 55.9 Å². The van der Waals surface area contributed by atoms with Gasteiger partial charge in [-0.1, -0.05) is 42.5 Å². The fourth-order valence-electron chi connectivity index (χ4n) is 2.41. The van der Waals surface area contributed by atoms with Crippen LogP contribution in [0.3, 0.4) is 0 Å². The molecule has 0 aliphatic heterocycles. The Labute approximate surface area is 139 Å². The van der Waals surface area contributed by atoms with Crippen LogP contribution in [0.1, 0.15) is 37.4 Å². The first-order valence-corrected chi connectivity index (χ1v) is 8.20. The number of pyridine rings is 1. The number of allylic oxidation sites excluding steroid dienone is 2. The predicted octanol–water partition coefficient (Wildman–Crippen LogP) is 5.04. The quantitative estimate of drug-likeness (QED) is 0.547. The van der Waals surface area contributed by atoms with E-state index in [-0.39, 0.29) is 6.10 Å². The topological polar surface area (TPSA) is 33.1 Å². The van der Waals surface area contributed by atoms with Gasteiger partial charge in [0.25, 0.3) is 0 Å². The number of nitrogens with zero attached hydrogens (tertiary/aromatic N) is 1. The highest BCUT2D eigenvalue weighted by Gasteiger charge is 1.99. The minimum Gasteiger partial charge on any atom is -0.393 e. The standard InChI is InChI=1S/C21H25NO/c1-3-7-18-10-12-19(13-11-18)20-14-15-21(22-16-20)9-6-4-5-8-17(2)23/h3,6,9-17,23H,1,4-5,7-8H2,2H3. The van der Waals surface area contributed by atoms with Gasteiger partial charge in [0.15, 0.2) is 0 Å². The summed E-state index contributed by atoms with van der Waals surface area (Å²) < 4.78 is 0. The molecule has 0 aliphatic rings. The third-order valence-corrected chi connectivity index (χ3v) is 3.73. The third-order valence-electron chi connectivity index (χ3n) is 3.73. The Morgan fingerprint density at radius 1 is 1.13 bits per heavy atom. The minimum absolute atomic E-state index is 0.210. The zero-order valence-corrected chi connectivity index (χ0v) is 13.8. The lowest BCUT2D eigenvalue weighted by Crippen LogP contribution is -1.97. The highest BCUT2D eigenvalue weighted by Crippen LogP contribution is 2.19. The molecule has 1 atom stereocenters. The van der Waals surface area contributed by atoms with Gasteiger partial charge in [-0.2, -0.15) is 0 Å². The summed E-state index contributed by atoms with van der Waals surface area (Å²) in [6.45, 7) is 5.59. The average Bonchev–Trinajstić information content (AvgIpc) is 2.56. The van der Waals surface area contributed by atoms with Crippen LogP contribution in [0.15, 0.2) is 61.3 Å². The van der Waals surface area contributed by atoms with Gasteiger partial charge in [-0.25, -0.2) is 0 Å². The van der Waals surface area contributed by atoms with Crippen LogP contribution < -0.4 is 0 Å². The molecule has 1 N–H and O–H groups in total. The number of aliphatic hydroxyl groups is 1. The van der Waals surface area contributed by atoms with E-state index in [9.17, 15) is 5.11 Å². The molecule has 1 aromatic heterocycles. The molecule has 0 saturated heterocycles. The largest absolute Gasteiger partial charge is 0.393 e. The van der Waals surface area contributed by atoms with Crippen molar-refractivity contribution in [1.29, 1.82) is 0 Å². The maximum absolute atomic E-state index is 9.21. The molecule has 120 valence electrons. The molecule has 0 radical (unpaired) electrons. The maximum atomic E-state index is 9.21. The van der Waals surface area contributed by atoms with Crippen molar-refractivity contribution >= 4 is 6.08 Å². The first-order chi connectivity index (χ1) is 11.2. The molecule has 0 bridgehead atoms. The Morgan fingerprint density at radius 3 is 2.48 bits per heavy atom. The number of benzene rings is 1. The number of rotatable bonds is 8. The molecule has 2 rings (SSSR count).